The molecule has 2 aromatic rings. The smallest absolute Gasteiger partial charge is 0.137 e. The van der Waals surface area contributed by atoms with Gasteiger partial charge in [0.2, 0.25) is 0 Å². The molecule has 13 heavy (non-hydrogen) atoms. The summed E-state index contributed by atoms with van der Waals surface area (Å²) >= 11 is 0. The normalized spacial score (nSPS) is 11.0. The minimum Gasteiger partial charge on any atom is -0.325 e. The molecule has 0 saturated heterocycles. The summed E-state index contributed by atoms with van der Waals surface area (Å²) in [6.07, 6.45) is 1.99. The molecule has 0 fully saturated rings. The molecule has 0 aliphatic heterocycles. The van der Waals surface area contributed by atoms with Crippen molar-refractivity contribution in [2.75, 3.05) is 0 Å². The Bertz CT molecular complexity index is 443. The standard InChI is InChI=1S/C10H13N3/c1-7-3-8(2)13-6-9(5-11)12-10(13)4-7/h3-4,6H,5,11H2,1-2H3. The van der Waals surface area contributed by atoms with Crippen LogP contribution >= 0.6 is 0 Å². The lowest BCUT2D eigenvalue weighted by molar-refractivity contribution is 1.01. The van der Waals surface area contributed by atoms with E-state index in [1.807, 2.05) is 6.20 Å². The third-order valence-electron chi connectivity index (χ3n) is 2.17. The first-order valence-electron chi connectivity index (χ1n) is 4.36. The van der Waals surface area contributed by atoms with Gasteiger partial charge in [0, 0.05) is 18.4 Å². The summed E-state index contributed by atoms with van der Waals surface area (Å²) in [6, 6.07) is 4.20. The first-order chi connectivity index (χ1) is 6.20. The first kappa shape index (κ1) is 8.26. The van der Waals surface area contributed by atoms with E-state index in [9.17, 15) is 0 Å². The summed E-state index contributed by atoms with van der Waals surface area (Å²) in [5.41, 5.74) is 9.88. The first-order valence-corrected chi connectivity index (χ1v) is 4.36. The maximum absolute atomic E-state index is 5.53. The SMILES string of the molecule is Cc1cc(C)n2cc(CN)nc2c1. The van der Waals surface area contributed by atoms with E-state index in [0.717, 1.165) is 11.3 Å². The van der Waals surface area contributed by atoms with E-state index in [1.54, 1.807) is 0 Å². The Balaban J connectivity index is 2.75. The number of pyridine rings is 1. The second-order valence-corrected chi connectivity index (χ2v) is 3.34. The average molecular weight is 175 g/mol. The van der Waals surface area contributed by atoms with Crippen molar-refractivity contribution >= 4 is 5.65 Å². The lowest BCUT2D eigenvalue weighted by Crippen LogP contribution is -1.95. The summed E-state index contributed by atoms with van der Waals surface area (Å²) in [5, 5.41) is 0. The van der Waals surface area contributed by atoms with Crippen molar-refractivity contribution in [3.63, 3.8) is 0 Å². The van der Waals surface area contributed by atoms with E-state index in [-0.39, 0.29) is 0 Å². The summed E-state index contributed by atoms with van der Waals surface area (Å²) in [4.78, 5) is 4.39. The fourth-order valence-corrected chi connectivity index (χ4v) is 1.57. The Kier molecular flexibility index (Phi) is 1.81. The predicted octanol–water partition coefficient (Wildman–Crippen LogP) is 1.41. The molecule has 0 bridgehead atoms. The Morgan fingerprint density at radius 2 is 2.15 bits per heavy atom. The van der Waals surface area contributed by atoms with Gasteiger partial charge in [0.1, 0.15) is 5.65 Å². The van der Waals surface area contributed by atoms with Gasteiger partial charge in [-0.2, -0.15) is 0 Å². The van der Waals surface area contributed by atoms with Gasteiger partial charge in [-0.3, -0.25) is 0 Å². The number of imidazole rings is 1. The monoisotopic (exact) mass is 175 g/mol. The molecule has 0 spiro atoms. The molecule has 2 rings (SSSR count). The summed E-state index contributed by atoms with van der Waals surface area (Å²) < 4.78 is 2.06. The fourth-order valence-electron chi connectivity index (χ4n) is 1.57. The van der Waals surface area contributed by atoms with Crippen LogP contribution in [0.3, 0.4) is 0 Å². The summed E-state index contributed by atoms with van der Waals surface area (Å²) in [7, 11) is 0. The van der Waals surface area contributed by atoms with Crippen LogP contribution in [0.15, 0.2) is 18.3 Å². The molecule has 0 aromatic carbocycles. The third-order valence-corrected chi connectivity index (χ3v) is 2.17. The van der Waals surface area contributed by atoms with Gasteiger partial charge in [-0.15, -0.1) is 0 Å². The Labute approximate surface area is 77.2 Å². The van der Waals surface area contributed by atoms with Gasteiger partial charge < -0.3 is 10.1 Å². The second-order valence-electron chi connectivity index (χ2n) is 3.34. The highest BCUT2D eigenvalue weighted by Gasteiger charge is 2.02. The van der Waals surface area contributed by atoms with Crippen LogP contribution < -0.4 is 5.73 Å². The molecule has 2 N–H and O–H groups in total. The van der Waals surface area contributed by atoms with Crippen LogP contribution in [-0.2, 0) is 6.54 Å². The fraction of sp³-hybridized carbons (Fsp3) is 0.300. The zero-order chi connectivity index (χ0) is 9.42. The maximum atomic E-state index is 5.53. The molecule has 0 saturated carbocycles. The number of nitrogens with two attached hydrogens (primary N) is 1. The van der Waals surface area contributed by atoms with Crippen molar-refractivity contribution in [2.45, 2.75) is 20.4 Å². The molecule has 0 atom stereocenters. The number of fused-ring (bicyclic) bond motifs is 1. The Morgan fingerprint density at radius 1 is 1.38 bits per heavy atom. The quantitative estimate of drug-likeness (QED) is 0.712. The Hall–Kier alpha value is -1.35. The van der Waals surface area contributed by atoms with Crippen LogP contribution in [0.2, 0.25) is 0 Å². The summed E-state index contributed by atoms with van der Waals surface area (Å²) in [5.74, 6) is 0. The molecule has 0 aliphatic rings. The molecule has 3 nitrogen and oxygen atoms in total. The third kappa shape index (κ3) is 1.31. The highest BCUT2D eigenvalue weighted by Crippen LogP contribution is 2.11. The molecule has 3 heteroatoms. The van der Waals surface area contributed by atoms with Gasteiger partial charge in [-0.1, -0.05) is 0 Å². The number of nitrogens with zero attached hydrogens (tertiary/aromatic N) is 2. The Morgan fingerprint density at radius 3 is 2.85 bits per heavy atom. The van der Waals surface area contributed by atoms with Crippen LogP contribution in [0, 0.1) is 13.8 Å². The van der Waals surface area contributed by atoms with Crippen molar-refractivity contribution in [3.8, 4) is 0 Å². The van der Waals surface area contributed by atoms with E-state index in [4.69, 9.17) is 5.73 Å². The largest absolute Gasteiger partial charge is 0.325 e. The van der Waals surface area contributed by atoms with Crippen molar-refractivity contribution < 1.29 is 0 Å². The van der Waals surface area contributed by atoms with Crippen molar-refractivity contribution in [2.24, 2.45) is 5.73 Å². The molecule has 0 aliphatic carbocycles. The molecule has 0 amide bonds. The minimum absolute atomic E-state index is 0.500. The molecular weight excluding hydrogens is 162 g/mol. The van der Waals surface area contributed by atoms with E-state index >= 15 is 0 Å². The van der Waals surface area contributed by atoms with Crippen molar-refractivity contribution in [3.05, 3.63) is 35.3 Å². The molecule has 2 heterocycles. The van der Waals surface area contributed by atoms with Crippen LogP contribution in [0.1, 0.15) is 17.0 Å². The zero-order valence-corrected chi connectivity index (χ0v) is 7.91. The van der Waals surface area contributed by atoms with Gasteiger partial charge >= 0.3 is 0 Å². The van der Waals surface area contributed by atoms with E-state index in [2.05, 4.69) is 35.4 Å². The second kappa shape index (κ2) is 2.85. The number of aromatic nitrogens is 2. The highest BCUT2D eigenvalue weighted by molar-refractivity contribution is 5.44. The van der Waals surface area contributed by atoms with Gasteiger partial charge in [0.15, 0.2) is 0 Å². The summed E-state index contributed by atoms with van der Waals surface area (Å²) in [6.45, 7) is 4.64. The van der Waals surface area contributed by atoms with Crippen LogP contribution in [0.25, 0.3) is 5.65 Å². The molecule has 0 radical (unpaired) electrons. The van der Waals surface area contributed by atoms with Crippen molar-refractivity contribution in [1.82, 2.24) is 9.38 Å². The number of rotatable bonds is 1. The lowest BCUT2D eigenvalue weighted by Gasteiger charge is -1.99. The van der Waals surface area contributed by atoms with Gasteiger partial charge in [-0.05, 0) is 31.5 Å². The molecule has 0 unspecified atom stereocenters. The zero-order valence-electron chi connectivity index (χ0n) is 7.91. The molecular formula is C10H13N3. The van der Waals surface area contributed by atoms with Gasteiger partial charge in [-0.25, -0.2) is 4.98 Å². The number of aryl methyl sites for hydroxylation is 2. The van der Waals surface area contributed by atoms with Crippen molar-refractivity contribution in [1.29, 1.82) is 0 Å². The maximum Gasteiger partial charge on any atom is 0.137 e. The minimum atomic E-state index is 0.500. The topological polar surface area (TPSA) is 43.3 Å². The number of hydrogen-bond donors (Lipinski definition) is 1. The van der Waals surface area contributed by atoms with E-state index < -0.39 is 0 Å². The van der Waals surface area contributed by atoms with Crippen LogP contribution in [0.5, 0.6) is 0 Å². The number of hydrogen-bond acceptors (Lipinski definition) is 2. The molecule has 2 aromatic heterocycles. The van der Waals surface area contributed by atoms with Gasteiger partial charge in [0.25, 0.3) is 0 Å². The van der Waals surface area contributed by atoms with E-state index in [1.165, 1.54) is 11.3 Å². The van der Waals surface area contributed by atoms with E-state index in [0.29, 0.717) is 6.54 Å². The van der Waals surface area contributed by atoms with Crippen LogP contribution in [-0.4, -0.2) is 9.38 Å². The average Bonchev–Trinajstić information content (AvgIpc) is 2.47. The lowest BCUT2D eigenvalue weighted by atomic mass is 10.2. The van der Waals surface area contributed by atoms with Gasteiger partial charge in [0.05, 0.1) is 5.69 Å². The predicted molar refractivity (Wildman–Crippen MR) is 52.6 cm³/mol. The molecule has 68 valence electrons. The van der Waals surface area contributed by atoms with Crippen LogP contribution in [0.4, 0.5) is 0 Å². The highest BCUT2D eigenvalue weighted by atomic mass is 15.0.